The van der Waals surface area contributed by atoms with Gasteiger partial charge in [0, 0.05) is 12.7 Å². The smallest absolute Gasteiger partial charge is 0.131 e. The van der Waals surface area contributed by atoms with Gasteiger partial charge in [0.2, 0.25) is 0 Å². The number of nitrogens with two attached hydrogens (primary N) is 1. The molecule has 0 bridgehead atoms. The summed E-state index contributed by atoms with van der Waals surface area (Å²) in [6, 6.07) is 3.66. The van der Waals surface area contributed by atoms with Crippen LogP contribution in [0.2, 0.25) is 0 Å². The predicted octanol–water partition coefficient (Wildman–Crippen LogP) is 1.79. The minimum atomic E-state index is -1.15. The first kappa shape index (κ1) is 11.1. The maximum Gasteiger partial charge on any atom is 0.131 e. The Balaban J connectivity index is 3.17. The Morgan fingerprint density at radius 1 is 1.36 bits per heavy atom. The maximum atomic E-state index is 13.3. The summed E-state index contributed by atoms with van der Waals surface area (Å²) in [6.45, 7) is 1.59. The topological polar surface area (TPSA) is 35.2 Å². The molecule has 0 saturated heterocycles. The minimum Gasteiger partial charge on any atom is -0.382 e. The van der Waals surface area contributed by atoms with Crippen molar-refractivity contribution in [1.29, 1.82) is 0 Å². The predicted molar refractivity (Wildman–Crippen MR) is 49.8 cm³/mol. The number of ether oxygens (including phenoxy) is 1. The Labute approximate surface area is 81.7 Å². The van der Waals surface area contributed by atoms with Gasteiger partial charge in [-0.25, -0.2) is 8.78 Å². The fourth-order valence-corrected chi connectivity index (χ4v) is 1.42. The summed E-state index contributed by atoms with van der Waals surface area (Å²) in [4.78, 5) is 0. The highest BCUT2D eigenvalue weighted by molar-refractivity contribution is 5.27. The molecule has 0 fully saturated rings. The molecule has 2 N–H and O–H groups in total. The van der Waals surface area contributed by atoms with Crippen molar-refractivity contribution in [2.45, 2.75) is 12.5 Å². The Hall–Kier alpha value is -1.00. The molecule has 1 rings (SSSR count). The summed E-state index contributed by atoms with van der Waals surface area (Å²) in [5, 5.41) is 0. The third-order valence-electron chi connectivity index (χ3n) is 1.98. The molecule has 0 aromatic heterocycles. The highest BCUT2D eigenvalue weighted by Gasteiger charge is 2.28. The van der Waals surface area contributed by atoms with Crippen LogP contribution in [0.15, 0.2) is 18.2 Å². The van der Waals surface area contributed by atoms with Crippen molar-refractivity contribution >= 4 is 0 Å². The van der Waals surface area contributed by atoms with E-state index in [9.17, 15) is 8.78 Å². The van der Waals surface area contributed by atoms with E-state index in [1.54, 1.807) is 0 Å². The summed E-state index contributed by atoms with van der Waals surface area (Å²) in [6.07, 6.45) is 0. The van der Waals surface area contributed by atoms with E-state index in [2.05, 4.69) is 0 Å². The number of benzene rings is 1. The van der Waals surface area contributed by atoms with Crippen molar-refractivity contribution in [2.75, 3.05) is 13.7 Å². The summed E-state index contributed by atoms with van der Waals surface area (Å²) >= 11 is 0. The second kappa shape index (κ2) is 4.02. The van der Waals surface area contributed by atoms with Gasteiger partial charge in [0.25, 0.3) is 0 Å². The molecular weight excluding hydrogens is 188 g/mol. The molecule has 2 nitrogen and oxygen atoms in total. The number of methoxy groups -OCH3 is 1. The molecule has 1 aromatic rings. The monoisotopic (exact) mass is 201 g/mol. The van der Waals surface area contributed by atoms with Crippen molar-refractivity contribution < 1.29 is 13.5 Å². The van der Waals surface area contributed by atoms with Crippen LogP contribution >= 0.6 is 0 Å². The largest absolute Gasteiger partial charge is 0.382 e. The molecule has 0 saturated carbocycles. The highest BCUT2D eigenvalue weighted by atomic mass is 19.1. The second-order valence-corrected chi connectivity index (χ2v) is 3.45. The number of halogens is 2. The molecule has 1 aromatic carbocycles. The first-order valence-corrected chi connectivity index (χ1v) is 4.21. The van der Waals surface area contributed by atoms with Gasteiger partial charge in [-0.15, -0.1) is 0 Å². The molecule has 0 aliphatic rings. The van der Waals surface area contributed by atoms with Crippen molar-refractivity contribution in [3.8, 4) is 0 Å². The van der Waals surface area contributed by atoms with E-state index in [-0.39, 0.29) is 12.2 Å². The van der Waals surface area contributed by atoms with E-state index >= 15 is 0 Å². The van der Waals surface area contributed by atoms with Crippen LogP contribution in [0.4, 0.5) is 8.78 Å². The fourth-order valence-electron chi connectivity index (χ4n) is 1.42. The molecule has 0 aliphatic heterocycles. The van der Waals surface area contributed by atoms with Crippen LogP contribution in [0, 0.1) is 11.6 Å². The lowest BCUT2D eigenvalue weighted by Gasteiger charge is -2.24. The molecule has 78 valence electrons. The molecule has 4 heteroatoms. The van der Waals surface area contributed by atoms with Gasteiger partial charge in [0.05, 0.1) is 12.1 Å². The standard InChI is InChI=1S/C10H13F2NO/c1-10(13,6-14-2)9-7(11)4-3-5-8(9)12/h3-5H,6,13H2,1-2H3. The van der Waals surface area contributed by atoms with E-state index in [4.69, 9.17) is 10.5 Å². The lowest BCUT2D eigenvalue weighted by Crippen LogP contribution is -2.39. The molecule has 0 spiro atoms. The zero-order valence-electron chi connectivity index (χ0n) is 8.18. The van der Waals surface area contributed by atoms with Gasteiger partial charge in [-0.3, -0.25) is 0 Å². The first-order valence-electron chi connectivity index (χ1n) is 4.21. The zero-order chi connectivity index (χ0) is 10.8. The van der Waals surface area contributed by atoms with Gasteiger partial charge in [-0.1, -0.05) is 6.07 Å². The van der Waals surface area contributed by atoms with Gasteiger partial charge < -0.3 is 10.5 Å². The van der Waals surface area contributed by atoms with Crippen LogP contribution in [0.3, 0.4) is 0 Å². The van der Waals surface area contributed by atoms with E-state index < -0.39 is 17.2 Å². The van der Waals surface area contributed by atoms with Gasteiger partial charge in [-0.05, 0) is 19.1 Å². The summed E-state index contributed by atoms with van der Waals surface area (Å²) < 4.78 is 31.4. The van der Waals surface area contributed by atoms with Gasteiger partial charge in [0.1, 0.15) is 11.6 Å². The third-order valence-corrected chi connectivity index (χ3v) is 1.98. The minimum absolute atomic E-state index is 0.0604. The highest BCUT2D eigenvalue weighted by Crippen LogP contribution is 2.24. The van der Waals surface area contributed by atoms with Crippen LogP contribution in [0.5, 0.6) is 0 Å². The lowest BCUT2D eigenvalue weighted by molar-refractivity contribution is 0.136. The molecule has 0 radical (unpaired) electrons. The maximum absolute atomic E-state index is 13.3. The molecule has 0 aliphatic carbocycles. The van der Waals surface area contributed by atoms with Gasteiger partial charge in [0.15, 0.2) is 0 Å². The Kier molecular flexibility index (Phi) is 3.18. The van der Waals surface area contributed by atoms with Crippen LogP contribution < -0.4 is 5.73 Å². The van der Waals surface area contributed by atoms with Crippen LogP contribution in [-0.2, 0) is 10.3 Å². The van der Waals surface area contributed by atoms with E-state index in [0.717, 1.165) is 0 Å². The van der Waals surface area contributed by atoms with Crippen molar-refractivity contribution in [3.63, 3.8) is 0 Å². The number of rotatable bonds is 3. The van der Waals surface area contributed by atoms with Crippen LogP contribution in [-0.4, -0.2) is 13.7 Å². The number of hydrogen-bond acceptors (Lipinski definition) is 2. The van der Waals surface area contributed by atoms with Gasteiger partial charge in [-0.2, -0.15) is 0 Å². The molecule has 0 heterocycles. The van der Waals surface area contributed by atoms with Crippen LogP contribution in [0.1, 0.15) is 12.5 Å². The van der Waals surface area contributed by atoms with Crippen LogP contribution in [0.25, 0.3) is 0 Å². The summed E-state index contributed by atoms with van der Waals surface area (Å²) in [5.74, 6) is -1.29. The van der Waals surface area contributed by atoms with Gasteiger partial charge >= 0.3 is 0 Å². The SMILES string of the molecule is COCC(C)(N)c1c(F)cccc1F. The summed E-state index contributed by atoms with van der Waals surface area (Å²) in [5.41, 5.74) is 4.46. The van der Waals surface area contributed by atoms with Crippen molar-refractivity contribution in [3.05, 3.63) is 35.4 Å². The molecular formula is C10H13F2NO. The van der Waals surface area contributed by atoms with E-state index in [0.29, 0.717) is 0 Å². The third kappa shape index (κ3) is 2.08. The average Bonchev–Trinajstić information content (AvgIpc) is 2.02. The Morgan fingerprint density at radius 3 is 2.29 bits per heavy atom. The molecule has 1 unspecified atom stereocenters. The molecule has 1 atom stereocenters. The number of hydrogen-bond donors (Lipinski definition) is 1. The van der Waals surface area contributed by atoms with Crippen molar-refractivity contribution in [2.24, 2.45) is 5.73 Å². The summed E-state index contributed by atoms with van der Waals surface area (Å²) in [7, 11) is 1.43. The average molecular weight is 201 g/mol. The quantitative estimate of drug-likeness (QED) is 0.809. The molecule has 14 heavy (non-hydrogen) atoms. The normalized spacial score (nSPS) is 15.2. The zero-order valence-corrected chi connectivity index (χ0v) is 8.18. The van der Waals surface area contributed by atoms with Crippen molar-refractivity contribution in [1.82, 2.24) is 0 Å². The van der Waals surface area contributed by atoms with E-state index in [1.807, 2.05) is 0 Å². The first-order chi connectivity index (χ1) is 6.49. The lowest BCUT2D eigenvalue weighted by atomic mass is 9.93. The second-order valence-electron chi connectivity index (χ2n) is 3.45. The Bertz CT molecular complexity index is 306. The fraction of sp³-hybridized carbons (Fsp3) is 0.400. The van der Waals surface area contributed by atoms with E-state index in [1.165, 1.54) is 32.2 Å². The molecule has 0 amide bonds. The Morgan fingerprint density at radius 2 is 1.86 bits per heavy atom.